The Morgan fingerprint density at radius 1 is 1.00 bits per heavy atom. The number of carbonyl (C=O) groups is 1. The van der Waals surface area contributed by atoms with Crippen LogP contribution in [0.1, 0.15) is 6.42 Å². The number of para-hydroxylation sites is 4. The van der Waals surface area contributed by atoms with Crippen LogP contribution in [-0.4, -0.2) is 40.6 Å². The smallest absolute Gasteiger partial charge is 0.408 e. The lowest BCUT2D eigenvalue weighted by molar-refractivity contribution is -0.119. The summed E-state index contributed by atoms with van der Waals surface area (Å²) in [6.45, 7) is 1.15. The summed E-state index contributed by atoms with van der Waals surface area (Å²) in [6.07, 6.45) is 0.775. The average Bonchev–Trinajstić information content (AvgIpc) is 2.95. The fraction of sp³-hybridized carbons (Fsp3) is 0.238. The molecule has 0 saturated carbocycles. The molecule has 0 spiro atoms. The van der Waals surface area contributed by atoms with Gasteiger partial charge in [-0.15, -0.1) is 0 Å². The van der Waals surface area contributed by atoms with E-state index in [1.807, 2.05) is 42.3 Å². The molecule has 0 atom stereocenters. The van der Waals surface area contributed by atoms with Crippen LogP contribution in [0.3, 0.4) is 0 Å². The van der Waals surface area contributed by atoms with Crippen molar-refractivity contribution in [3.05, 3.63) is 59.1 Å². The second-order valence-electron chi connectivity index (χ2n) is 7.10. The average molecular weight is 389 g/mol. The standard InChI is InChI=1S/C21H19N5O3/c1-24-11-6-12-25(20-19(24)22-14-7-2-3-8-15(14)23-20)18(27)13-26-16-9-4-5-10-17(16)29-21(26)28/h2-5,7-10H,6,11-13H2,1H3. The molecule has 1 amide bonds. The third-order valence-corrected chi connectivity index (χ3v) is 5.20. The van der Waals surface area contributed by atoms with E-state index in [2.05, 4.69) is 0 Å². The van der Waals surface area contributed by atoms with E-state index in [1.54, 1.807) is 23.1 Å². The first kappa shape index (κ1) is 17.4. The van der Waals surface area contributed by atoms with Gasteiger partial charge < -0.3 is 9.32 Å². The van der Waals surface area contributed by atoms with Crippen molar-refractivity contribution >= 4 is 39.7 Å². The highest BCUT2D eigenvalue weighted by Gasteiger charge is 2.27. The van der Waals surface area contributed by atoms with Gasteiger partial charge in [0, 0.05) is 20.1 Å². The molecule has 8 heteroatoms. The molecule has 2 aromatic heterocycles. The molecule has 1 aliphatic rings. The van der Waals surface area contributed by atoms with Gasteiger partial charge in [0.1, 0.15) is 6.54 Å². The summed E-state index contributed by atoms with van der Waals surface area (Å²) in [7, 11) is 1.95. The summed E-state index contributed by atoms with van der Waals surface area (Å²) in [5, 5.41) is 0. The molecule has 0 radical (unpaired) electrons. The number of benzene rings is 2. The Labute approximate surface area is 166 Å². The number of hydrogen-bond acceptors (Lipinski definition) is 6. The van der Waals surface area contributed by atoms with E-state index in [9.17, 15) is 9.59 Å². The number of hydrogen-bond donors (Lipinski definition) is 0. The monoisotopic (exact) mass is 389 g/mol. The zero-order valence-corrected chi connectivity index (χ0v) is 15.9. The van der Waals surface area contributed by atoms with Gasteiger partial charge in [0.05, 0.1) is 16.6 Å². The lowest BCUT2D eigenvalue weighted by Gasteiger charge is -2.22. The first-order valence-corrected chi connectivity index (χ1v) is 9.48. The minimum atomic E-state index is -0.545. The molecule has 0 unspecified atom stereocenters. The Kier molecular flexibility index (Phi) is 4.04. The molecule has 0 bridgehead atoms. The molecule has 2 aromatic carbocycles. The molecular weight excluding hydrogens is 370 g/mol. The van der Waals surface area contributed by atoms with Crippen LogP contribution in [0.5, 0.6) is 0 Å². The summed E-state index contributed by atoms with van der Waals surface area (Å²) < 4.78 is 6.62. The van der Waals surface area contributed by atoms with Gasteiger partial charge in [-0.05, 0) is 30.7 Å². The molecule has 1 aliphatic heterocycles. The van der Waals surface area contributed by atoms with Gasteiger partial charge in [-0.1, -0.05) is 24.3 Å². The normalized spacial score (nSPS) is 14.2. The van der Waals surface area contributed by atoms with Crippen LogP contribution in [0.15, 0.2) is 57.7 Å². The fourth-order valence-electron chi connectivity index (χ4n) is 3.72. The summed E-state index contributed by atoms with van der Waals surface area (Å²) in [5.41, 5.74) is 2.57. The number of rotatable bonds is 2. The molecule has 3 heterocycles. The predicted molar refractivity (Wildman–Crippen MR) is 110 cm³/mol. The highest BCUT2D eigenvalue weighted by Crippen LogP contribution is 2.30. The molecule has 8 nitrogen and oxygen atoms in total. The molecule has 4 aromatic rings. The van der Waals surface area contributed by atoms with Gasteiger partial charge in [0.2, 0.25) is 5.91 Å². The SMILES string of the molecule is CN1CCCN(C(=O)Cn2c(=O)oc3ccccc32)c2nc3ccccc3nc21. The molecule has 5 rings (SSSR count). The molecule has 0 fully saturated rings. The molecule has 29 heavy (non-hydrogen) atoms. The summed E-state index contributed by atoms with van der Waals surface area (Å²) in [6, 6.07) is 14.7. The zero-order valence-electron chi connectivity index (χ0n) is 15.9. The zero-order chi connectivity index (χ0) is 20.0. The van der Waals surface area contributed by atoms with Crippen LogP contribution in [0, 0.1) is 0 Å². The maximum Gasteiger partial charge on any atom is 0.420 e. The quantitative estimate of drug-likeness (QED) is 0.523. The molecule has 0 N–H and O–H groups in total. The van der Waals surface area contributed by atoms with E-state index in [0.29, 0.717) is 29.3 Å². The number of fused-ring (bicyclic) bond motifs is 3. The van der Waals surface area contributed by atoms with Crippen molar-refractivity contribution in [3.63, 3.8) is 0 Å². The van der Waals surface area contributed by atoms with Gasteiger partial charge >= 0.3 is 5.76 Å². The lowest BCUT2D eigenvalue weighted by atomic mass is 10.3. The van der Waals surface area contributed by atoms with Gasteiger partial charge in [-0.3, -0.25) is 14.3 Å². The minimum absolute atomic E-state index is 0.118. The molecule has 146 valence electrons. The number of anilines is 2. The summed E-state index contributed by atoms with van der Waals surface area (Å²) in [4.78, 5) is 38.7. The van der Waals surface area contributed by atoms with E-state index >= 15 is 0 Å². The first-order chi connectivity index (χ1) is 14.1. The molecule has 0 aliphatic carbocycles. The van der Waals surface area contributed by atoms with Crippen molar-refractivity contribution in [3.8, 4) is 0 Å². The van der Waals surface area contributed by atoms with Crippen LogP contribution in [0.4, 0.5) is 11.6 Å². The maximum atomic E-state index is 13.3. The highest BCUT2D eigenvalue weighted by atomic mass is 16.4. The summed E-state index contributed by atoms with van der Waals surface area (Å²) in [5.74, 6) is 0.421. The Morgan fingerprint density at radius 2 is 1.69 bits per heavy atom. The van der Waals surface area contributed by atoms with E-state index in [-0.39, 0.29) is 12.5 Å². The van der Waals surface area contributed by atoms with Crippen LogP contribution in [0.2, 0.25) is 0 Å². The van der Waals surface area contributed by atoms with Gasteiger partial charge in [0.15, 0.2) is 17.2 Å². The van der Waals surface area contributed by atoms with Crippen molar-refractivity contribution in [1.29, 1.82) is 0 Å². The second-order valence-corrected chi connectivity index (χ2v) is 7.10. The van der Waals surface area contributed by atoms with E-state index < -0.39 is 5.76 Å². The van der Waals surface area contributed by atoms with Crippen molar-refractivity contribution in [2.75, 3.05) is 29.9 Å². The van der Waals surface area contributed by atoms with Crippen LogP contribution in [-0.2, 0) is 11.3 Å². The lowest BCUT2D eigenvalue weighted by Crippen LogP contribution is -2.37. The topological polar surface area (TPSA) is 84.5 Å². The Morgan fingerprint density at radius 3 is 2.48 bits per heavy atom. The number of amides is 1. The third-order valence-electron chi connectivity index (χ3n) is 5.20. The summed E-state index contributed by atoms with van der Waals surface area (Å²) >= 11 is 0. The van der Waals surface area contributed by atoms with Gasteiger partial charge in [-0.2, -0.15) is 0 Å². The minimum Gasteiger partial charge on any atom is -0.408 e. The van der Waals surface area contributed by atoms with Crippen molar-refractivity contribution in [1.82, 2.24) is 14.5 Å². The van der Waals surface area contributed by atoms with Crippen molar-refractivity contribution in [2.45, 2.75) is 13.0 Å². The maximum absolute atomic E-state index is 13.3. The first-order valence-electron chi connectivity index (χ1n) is 9.48. The molecular formula is C21H19N5O3. The second kappa shape index (κ2) is 6.73. The van der Waals surface area contributed by atoms with Crippen molar-refractivity contribution in [2.24, 2.45) is 0 Å². The van der Waals surface area contributed by atoms with Crippen LogP contribution in [0.25, 0.3) is 22.1 Å². The van der Waals surface area contributed by atoms with Gasteiger partial charge in [0.25, 0.3) is 0 Å². The number of carbonyl (C=O) groups excluding carboxylic acids is 1. The Balaban J connectivity index is 1.58. The fourth-order valence-corrected chi connectivity index (χ4v) is 3.72. The van der Waals surface area contributed by atoms with E-state index in [1.165, 1.54) is 4.57 Å². The number of oxazole rings is 1. The molecule has 0 saturated heterocycles. The third kappa shape index (κ3) is 2.93. The van der Waals surface area contributed by atoms with Gasteiger partial charge in [-0.25, -0.2) is 14.8 Å². The predicted octanol–water partition coefficient (Wildman–Crippen LogP) is 2.41. The van der Waals surface area contributed by atoms with E-state index in [0.717, 1.165) is 24.0 Å². The van der Waals surface area contributed by atoms with Crippen molar-refractivity contribution < 1.29 is 9.21 Å². The highest BCUT2D eigenvalue weighted by molar-refractivity contribution is 5.97. The van der Waals surface area contributed by atoms with Crippen LogP contribution >= 0.6 is 0 Å². The Bertz CT molecular complexity index is 1290. The largest absolute Gasteiger partial charge is 0.420 e. The van der Waals surface area contributed by atoms with E-state index in [4.69, 9.17) is 14.4 Å². The Hall–Kier alpha value is -3.68. The number of aromatic nitrogens is 3. The number of nitrogens with zero attached hydrogens (tertiary/aromatic N) is 5. The van der Waals surface area contributed by atoms with Crippen LogP contribution < -0.4 is 15.6 Å².